The summed E-state index contributed by atoms with van der Waals surface area (Å²) in [5.41, 5.74) is 2.28. The number of benzene rings is 1. The van der Waals surface area contributed by atoms with Crippen LogP contribution >= 0.6 is 0 Å². The van der Waals surface area contributed by atoms with Crippen molar-refractivity contribution in [3.63, 3.8) is 0 Å². The van der Waals surface area contributed by atoms with Crippen LogP contribution in [0.5, 0.6) is 0 Å². The Bertz CT molecular complexity index is 632. The highest BCUT2D eigenvalue weighted by Gasteiger charge is 2.46. The number of aryl methyl sites for hydroxylation is 1. The van der Waals surface area contributed by atoms with Crippen LogP contribution in [0, 0.1) is 12.8 Å². The Morgan fingerprint density at radius 1 is 1.29 bits per heavy atom. The van der Waals surface area contributed by atoms with Gasteiger partial charge < -0.3 is 19.9 Å². The molecule has 2 heterocycles. The van der Waals surface area contributed by atoms with E-state index in [4.69, 9.17) is 4.74 Å². The molecule has 2 aliphatic heterocycles. The van der Waals surface area contributed by atoms with Gasteiger partial charge in [-0.3, -0.25) is 4.79 Å². The zero-order valence-corrected chi connectivity index (χ0v) is 14.5. The largest absolute Gasteiger partial charge is 0.370 e. The first-order valence-corrected chi connectivity index (χ1v) is 8.39. The van der Waals surface area contributed by atoms with Crippen molar-refractivity contribution in [2.75, 3.05) is 27.2 Å². The van der Waals surface area contributed by atoms with Gasteiger partial charge in [0.15, 0.2) is 0 Å². The average molecular weight is 331 g/mol. The number of morpholine rings is 1. The third-order valence-electron chi connectivity index (χ3n) is 4.89. The Balaban J connectivity index is 1.58. The summed E-state index contributed by atoms with van der Waals surface area (Å²) in [7, 11) is 3.52. The predicted octanol–water partition coefficient (Wildman–Crippen LogP) is 1.38. The first kappa shape index (κ1) is 16.8. The van der Waals surface area contributed by atoms with Crippen LogP contribution in [-0.4, -0.2) is 61.1 Å². The third kappa shape index (κ3) is 3.38. The van der Waals surface area contributed by atoms with Crippen molar-refractivity contribution in [1.82, 2.24) is 15.1 Å². The average Bonchev–Trinajstić information content (AvgIpc) is 2.86. The molecule has 1 aromatic rings. The second-order valence-electron chi connectivity index (χ2n) is 6.86. The number of hydrogen-bond acceptors (Lipinski definition) is 3. The number of fused-ring (bicyclic) bond motifs is 2. The number of urea groups is 1. The molecule has 0 aliphatic carbocycles. The van der Waals surface area contributed by atoms with E-state index in [9.17, 15) is 9.59 Å². The van der Waals surface area contributed by atoms with Gasteiger partial charge in [-0.05, 0) is 24.5 Å². The highest BCUT2D eigenvalue weighted by atomic mass is 16.5. The van der Waals surface area contributed by atoms with E-state index in [-0.39, 0.29) is 30.1 Å². The Morgan fingerprint density at radius 2 is 2.04 bits per heavy atom. The summed E-state index contributed by atoms with van der Waals surface area (Å²) in [6, 6.07) is 7.93. The van der Waals surface area contributed by atoms with Crippen molar-refractivity contribution in [2.45, 2.75) is 32.1 Å². The van der Waals surface area contributed by atoms with Gasteiger partial charge >= 0.3 is 6.03 Å². The quantitative estimate of drug-likeness (QED) is 0.910. The van der Waals surface area contributed by atoms with Crippen molar-refractivity contribution in [2.24, 2.45) is 5.92 Å². The van der Waals surface area contributed by atoms with E-state index in [1.54, 1.807) is 23.9 Å². The monoisotopic (exact) mass is 331 g/mol. The van der Waals surface area contributed by atoms with Crippen LogP contribution in [0.1, 0.15) is 17.5 Å². The molecule has 0 unspecified atom stereocenters. The summed E-state index contributed by atoms with van der Waals surface area (Å²) >= 11 is 0. The first-order valence-electron chi connectivity index (χ1n) is 8.39. The molecule has 2 aliphatic rings. The van der Waals surface area contributed by atoms with Crippen LogP contribution < -0.4 is 5.32 Å². The standard InChI is InChI=1S/C18H25N3O3/c1-12-6-4-5-7-13(12)9-19-18(23)21-10-14-8-15(16(11-21)24-14)17(22)20(2)3/h4-7,14-16H,8-11H2,1-3H3,(H,19,23)/t14-,15+,16-/m0/s1. The van der Waals surface area contributed by atoms with E-state index >= 15 is 0 Å². The third-order valence-corrected chi connectivity index (χ3v) is 4.89. The number of nitrogens with one attached hydrogen (secondary N) is 1. The van der Waals surface area contributed by atoms with E-state index in [1.165, 1.54) is 0 Å². The van der Waals surface area contributed by atoms with Crippen LogP contribution in [0.2, 0.25) is 0 Å². The number of amides is 3. The summed E-state index contributed by atoms with van der Waals surface area (Å²) in [5.74, 6) is -0.0520. The molecule has 6 heteroatoms. The van der Waals surface area contributed by atoms with E-state index in [1.807, 2.05) is 31.2 Å². The molecule has 130 valence electrons. The van der Waals surface area contributed by atoms with Crippen molar-refractivity contribution in [1.29, 1.82) is 0 Å². The van der Waals surface area contributed by atoms with Crippen molar-refractivity contribution >= 4 is 11.9 Å². The molecule has 3 atom stereocenters. The van der Waals surface area contributed by atoms with Gasteiger partial charge in [0.25, 0.3) is 0 Å². The second kappa shape index (κ2) is 6.81. The molecule has 1 N–H and O–H groups in total. The molecular weight excluding hydrogens is 306 g/mol. The van der Waals surface area contributed by atoms with E-state index in [0.717, 1.165) is 11.1 Å². The summed E-state index contributed by atoms with van der Waals surface area (Å²) < 4.78 is 5.87. The van der Waals surface area contributed by atoms with E-state index in [0.29, 0.717) is 26.1 Å². The molecule has 0 radical (unpaired) electrons. The Labute approximate surface area is 142 Å². The lowest BCUT2D eigenvalue weighted by molar-refractivity contribution is -0.135. The van der Waals surface area contributed by atoms with Crippen LogP contribution in [-0.2, 0) is 16.1 Å². The number of ether oxygens (including phenoxy) is 1. The zero-order valence-electron chi connectivity index (χ0n) is 14.5. The molecular formula is C18H25N3O3. The maximum atomic E-state index is 12.5. The van der Waals surface area contributed by atoms with Crippen LogP contribution in [0.3, 0.4) is 0 Å². The van der Waals surface area contributed by atoms with Gasteiger partial charge in [-0.15, -0.1) is 0 Å². The number of carbonyl (C=O) groups excluding carboxylic acids is 2. The van der Waals surface area contributed by atoms with Crippen LogP contribution in [0.25, 0.3) is 0 Å². The lowest BCUT2D eigenvalue weighted by Gasteiger charge is -2.33. The van der Waals surface area contributed by atoms with Crippen molar-refractivity contribution in [3.8, 4) is 0 Å². The number of rotatable bonds is 3. The topological polar surface area (TPSA) is 61.9 Å². The van der Waals surface area contributed by atoms with Gasteiger partial charge in [0.05, 0.1) is 18.1 Å². The smallest absolute Gasteiger partial charge is 0.317 e. The Hall–Kier alpha value is -2.08. The molecule has 0 saturated carbocycles. The van der Waals surface area contributed by atoms with Gasteiger partial charge in [-0.1, -0.05) is 24.3 Å². The summed E-state index contributed by atoms with van der Waals surface area (Å²) in [5, 5.41) is 2.98. The van der Waals surface area contributed by atoms with Gasteiger partial charge in [-0.25, -0.2) is 4.79 Å². The van der Waals surface area contributed by atoms with Gasteiger partial charge in [0, 0.05) is 33.7 Å². The number of carbonyl (C=O) groups is 2. The highest BCUT2D eigenvalue weighted by Crippen LogP contribution is 2.32. The zero-order chi connectivity index (χ0) is 17.3. The summed E-state index contributed by atoms with van der Waals surface area (Å²) in [4.78, 5) is 28.1. The number of likely N-dealkylation sites (tertiary alicyclic amines) is 1. The van der Waals surface area contributed by atoms with Crippen LogP contribution in [0.15, 0.2) is 24.3 Å². The normalized spacial score (nSPS) is 25.5. The van der Waals surface area contributed by atoms with Crippen molar-refractivity contribution in [3.05, 3.63) is 35.4 Å². The fraction of sp³-hybridized carbons (Fsp3) is 0.556. The fourth-order valence-corrected chi connectivity index (χ4v) is 3.51. The Kier molecular flexibility index (Phi) is 4.76. The SMILES string of the molecule is Cc1ccccc1CNC(=O)N1C[C@@H]2C[C@@H](C(=O)N(C)C)[C@H](C1)O2. The molecule has 3 amide bonds. The molecule has 1 aromatic carbocycles. The number of nitrogens with zero attached hydrogens (tertiary/aromatic N) is 2. The first-order chi connectivity index (χ1) is 11.5. The lowest BCUT2D eigenvalue weighted by atomic mass is 9.99. The molecule has 2 saturated heterocycles. The van der Waals surface area contributed by atoms with Gasteiger partial charge in [0.2, 0.25) is 5.91 Å². The lowest BCUT2D eigenvalue weighted by Crippen LogP contribution is -2.51. The second-order valence-corrected chi connectivity index (χ2v) is 6.86. The van der Waals surface area contributed by atoms with Gasteiger partial charge in [0.1, 0.15) is 0 Å². The Morgan fingerprint density at radius 3 is 2.75 bits per heavy atom. The molecule has 2 fully saturated rings. The highest BCUT2D eigenvalue weighted by molar-refractivity contribution is 5.80. The molecule has 0 spiro atoms. The fourth-order valence-electron chi connectivity index (χ4n) is 3.51. The minimum absolute atomic E-state index is 0.0399. The van der Waals surface area contributed by atoms with Crippen LogP contribution in [0.4, 0.5) is 4.79 Å². The van der Waals surface area contributed by atoms with Gasteiger partial charge in [-0.2, -0.15) is 0 Å². The molecule has 2 bridgehead atoms. The molecule has 24 heavy (non-hydrogen) atoms. The van der Waals surface area contributed by atoms with Crippen molar-refractivity contribution < 1.29 is 14.3 Å². The minimum Gasteiger partial charge on any atom is -0.370 e. The maximum Gasteiger partial charge on any atom is 0.317 e. The molecule has 3 rings (SSSR count). The number of hydrogen-bond donors (Lipinski definition) is 1. The molecule has 0 aromatic heterocycles. The summed E-state index contributed by atoms with van der Waals surface area (Å²) in [6.07, 6.45) is 0.466. The van der Waals surface area contributed by atoms with E-state index in [2.05, 4.69) is 5.32 Å². The predicted molar refractivity (Wildman–Crippen MR) is 90.4 cm³/mol. The maximum absolute atomic E-state index is 12.5. The summed E-state index contributed by atoms with van der Waals surface area (Å²) in [6.45, 7) is 3.57. The minimum atomic E-state index is -0.192. The van der Waals surface area contributed by atoms with E-state index < -0.39 is 0 Å². The molecule has 6 nitrogen and oxygen atoms in total.